The summed E-state index contributed by atoms with van der Waals surface area (Å²) in [5, 5.41) is 13.4. The molecule has 1 amide bonds. The molecule has 19 heavy (non-hydrogen) atoms. The standard InChI is InChI=1S/C12H16FN3O3/c1-3-15(4-2)12(17)8-14-10-6-5-9(13)7-11(10)16(18)19/h5-7,14H,3-4,8H2,1-2H3. The van der Waals surface area contributed by atoms with Crippen molar-refractivity contribution in [1.82, 2.24) is 4.90 Å². The van der Waals surface area contributed by atoms with E-state index < -0.39 is 10.7 Å². The van der Waals surface area contributed by atoms with Gasteiger partial charge >= 0.3 is 0 Å². The van der Waals surface area contributed by atoms with E-state index >= 15 is 0 Å². The van der Waals surface area contributed by atoms with Crippen LogP contribution in [0.2, 0.25) is 0 Å². The van der Waals surface area contributed by atoms with Crippen molar-refractivity contribution >= 4 is 17.3 Å². The van der Waals surface area contributed by atoms with Crippen molar-refractivity contribution in [2.45, 2.75) is 13.8 Å². The summed E-state index contributed by atoms with van der Waals surface area (Å²) < 4.78 is 12.9. The Bertz CT molecular complexity index is 475. The van der Waals surface area contributed by atoms with Crippen LogP contribution in [0.25, 0.3) is 0 Å². The summed E-state index contributed by atoms with van der Waals surface area (Å²) in [6.45, 7) is 4.78. The summed E-state index contributed by atoms with van der Waals surface area (Å²) in [6, 6.07) is 3.18. The first-order valence-electron chi connectivity index (χ1n) is 5.95. The lowest BCUT2D eigenvalue weighted by Crippen LogP contribution is -2.35. The highest BCUT2D eigenvalue weighted by atomic mass is 19.1. The fourth-order valence-corrected chi connectivity index (χ4v) is 1.66. The van der Waals surface area contributed by atoms with Crippen LogP contribution in [0.5, 0.6) is 0 Å². The van der Waals surface area contributed by atoms with Crippen LogP contribution in [-0.2, 0) is 4.79 Å². The van der Waals surface area contributed by atoms with Gasteiger partial charge in [-0.05, 0) is 26.0 Å². The zero-order valence-corrected chi connectivity index (χ0v) is 10.9. The molecule has 0 aromatic heterocycles. The molecule has 0 radical (unpaired) electrons. The topological polar surface area (TPSA) is 75.5 Å². The Hall–Kier alpha value is -2.18. The van der Waals surface area contributed by atoms with Gasteiger partial charge in [-0.1, -0.05) is 0 Å². The summed E-state index contributed by atoms with van der Waals surface area (Å²) in [7, 11) is 0. The zero-order chi connectivity index (χ0) is 14.4. The van der Waals surface area contributed by atoms with Crippen LogP contribution < -0.4 is 5.32 Å². The average Bonchev–Trinajstić information content (AvgIpc) is 2.38. The van der Waals surface area contributed by atoms with Crippen molar-refractivity contribution in [2.24, 2.45) is 0 Å². The number of rotatable bonds is 6. The maximum Gasteiger partial charge on any atom is 0.295 e. The molecule has 6 nitrogen and oxygen atoms in total. The maximum absolute atomic E-state index is 12.9. The summed E-state index contributed by atoms with van der Waals surface area (Å²) >= 11 is 0. The lowest BCUT2D eigenvalue weighted by atomic mass is 10.2. The molecule has 104 valence electrons. The normalized spacial score (nSPS) is 10.1. The fourth-order valence-electron chi connectivity index (χ4n) is 1.66. The number of carbonyl (C=O) groups excluding carboxylic acids is 1. The minimum Gasteiger partial charge on any atom is -0.371 e. The van der Waals surface area contributed by atoms with E-state index in [9.17, 15) is 19.3 Å². The van der Waals surface area contributed by atoms with Gasteiger partial charge in [0, 0.05) is 13.1 Å². The highest BCUT2D eigenvalue weighted by Crippen LogP contribution is 2.24. The van der Waals surface area contributed by atoms with Crippen LogP contribution in [-0.4, -0.2) is 35.4 Å². The molecule has 1 aromatic rings. The number of likely N-dealkylation sites (N-methyl/N-ethyl adjacent to an activating group) is 1. The van der Waals surface area contributed by atoms with E-state index in [2.05, 4.69) is 5.32 Å². The van der Waals surface area contributed by atoms with Gasteiger partial charge in [0.1, 0.15) is 11.5 Å². The van der Waals surface area contributed by atoms with E-state index in [0.29, 0.717) is 13.1 Å². The van der Waals surface area contributed by atoms with E-state index in [0.717, 1.165) is 12.1 Å². The number of nitro groups is 1. The van der Waals surface area contributed by atoms with E-state index in [4.69, 9.17) is 0 Å². The van der Waals surface area contributed by atoms with Crippen molar-refractivity contribution in [3.8, 4) is 0 Å². The SMILES string of the molecule is CCN(CC)C(=O)CNc1ccc(F)cc1[N+](=O)[O-]. The van der Waals surface area contributed by atoms with Gasteiger partial charge in [0.05, 0.1) is 17.5 Å². The smallest absolute Gasteiger partial charge is 0.295 e. The average molecular weight is 269 g/mol. The molecule has 0 aliphatic carbocycles. The van der Waals surface area contributed by atoms with Crippen LogP contribution in [0.3, 0.4) is 0 Å². The molecule has 0 atom stereocenters. The fraction of sp³-hybridized carbons (Fsp3) is 0.417. The Morgan fingerprint density at radius 2 is 2.05 bits per heavy atom. The number of amides is 1. The predicted octanol–water partition coefficient (Wildman–Crippen LogP) is 2.01. The number of benzene rings is 1. The second kappa shape index (κ2) is 6.67. The molecule has 0 spiro atoms. The van der Waals surface area contributed by atoms with Crippen molar-refractivity contribution in [1.29, 1.82) is 0 Å². The molecule has 0 saturated heterocycles. The lowest BCUT2D eigenvalue weighted by Gasteiger charge is -2.19. The van der Waals surface area contributed by atoms with Crippen molar-refractivity contribution in [3.63, 3.8) is 0 Å². The van der Waals surface area contributed by atoms with Crippen LogP contribution in [0.4, 0.5) is 15.8 Å². The molecular weight excluding hydrogens is 253 g/mol. The molecule has 7 heteroatoms. The number of hydrogen-bond acceptors (Lipinski definition) is 4. The summed E-state index contributed by atoms with van der Waals surface area (Å²) in [4.78, 5) is 23.4. The predicted molar refractivity (Wildman–Crippen MR) is 69.5 cm³/mol. The second-order valence-corrected chi connectivity index (χ2v) is 3.84. The third kappa shape index (κ3) is 3.90. The second-order valence-electron chi connectivity index (χ2n) is 3.84. The maximum atomic E-state index is 12.9. The number of halogens is 1. The van der Waals surface area contributed by atoms with Crippen molar-refractivity contribution in [3.05, 3.63) is 34.1 Å². The van der Waals surface area contributed by atoms with E-state index in [1.54, 1.807) is 4.90 Å². The molecule has 1 rings (SSSR count). The monoisotopic (exact) mass is 269 g/mol. The molecular formula is C12H16FN3O3. The Labute approximate surface area is 110 Å². The van der Waals surface area contributed by atoms with E-state index in [-0.39, 0.29) is 23.8 Å². The molecule has 0 aliphatic rings. The van der Waals surface area contributed by atoms with Crippen molar-refractivity contribution in [2.75, 3.05) is 25.0 Å². The molecule has 0 aliphatic heterocycles. The number of hydrogen-bond donors (Lipinski definition) is 1. The molecule has 0 unspecified atom stereocenters. The number of nitrogens with zero attached hydrogens (tertiary/aromatic N) is 2. The molecule has 0 bridgehead atoms. The highest BCUT2D eigenvalue weighted by molar-refractivity contribution is 5.81. The quantitative estimate of drug-likeness (QED) is 0.633. The Kier molecular flexibility index (Phi) is 5.23. The Morgan fingerprint density at radius 3 is 2.58 bits per heavy atom. The summed E-state index contributed by atoms with van der Waals surface area (Å²) in [6.07, 6.45) is 0. The van der Waals surface area contributed by atoms with E-state index in [1.165, 1.54) is 6.07 Å². The number of carbonyl (C=O) groups is 1. The molecule has 1 aromatic carbocycles. The van der Waals surface area contributed by atoms with Crippen LogP contribution in [0, 0.1) is 15.9 Å². The van der Waals surface area contributed by atoms with E-state index in [1.807, 2.05) is 13.8 Å². The zero-order valence-electron chi connectivity index (χ0n) is 10.9. The lowest BCUT2D eigenvalue weighted by molar-refractivity contribution is -0.384. The van der Waals surface area contributed by atoms with Crippen LogP contribution in [0.15, 0.2) is 18.2 Å². The first-order chi connectivity index (χ1) is 8.99. The van der Waals surface area contributed by atoms with Gasteiger partial charge in [-0.25, -0.2) is 4.39 Å². The van der Waals surface area contributed by atoms with Gasteiger partial charge < -0.3 is 10.2 Å². The molecule has 0 saturated carbocycles. The largest absolute Gasteiger partial charge is 0.371 e. The third-order valence-corrected chi connectivity index (χ3v) is 2.70. The molecule has 1 N–H and O–H groups in total. The van der Waals surface area contributed by atoms with Crippen LogP contribution in [0.1, 0.15) is 13.8 Å². The highest BCUT2D eigenvalue weighted by Gasteiger charge is 2.16. The van der Waals surface area contributed by atoms with Crippen molar-refractivity contribution < 1.29 is 14.1 Å². The number of nitrogens with one attached hydrogen (secondary N) is 1. The van der Waals surface area contributed by atoms with Gasteiger partial charge in [0.25, 0.3) is 5.69 Å². The molecule has 0 fully saturated rings. The first kappa shape index (κ1) is 14.9. The summed E-state index contributed by atoms with van der Waals surface area (Å²) in [5.74, 6) is -0.851. The van der Waals surface area contributed by atoms with Crippen LogP contribution >= 0.6 is 0 Å². The number of anilines is 1. The van der Waals surface area contributed by atoms with Gasteiger partial charge in [-0.15, -0.1) is 0 Å². The minimum atomic E-state index is -0.688. The molecule has 0 heterocycles. The summed E-state index contributed by atoms with van der Waals surface area (Å²) in [5.41, 5.74) is -0.251. The Morgan fingerprint density at radius 1 is 1.42 bits per heavy atom. The number of nitro benzene ring substituents is 1. The minimum absolute atomic E-state index is 0.0614. The van der Waals surface area contributed by atoms with Gasteiger partial charge in [-0.2, -0.15) is 0 Å². The van der Waals surface area contributed by atoms with Gasteiger partial charge in [-0.3, -0.25) is 14.9 Å². The van der Waals surface area contributed by atoms with Gasteiger partial charge in [0.2, 0.25) is 5.91 Å². The first-order valence-corrected chi connectivity index (χ1v) is 5.95. The Balaban J connectivity index is 2.78. The third-order valence-electron chi connectivity index (χ3n) is 2.70. The van der Waals surface area contributed by atoms with Gasteiger partial charge in [0.15, 0.2) is 0 Å².